The summed E-state index contributed by atoms with van der Waals surface area (Å²) in [7, 11) is 1.40. The lowest BCUT2D eigenvalue weighted by molar-refractivity contribution is -0.256. The van der Waals surface area contributed by atoms with Crippen LogP contribution in [0, 0.1) is 0 Å². The molecule has 1 rings (SSSR count). The minimum absolute atomic E-state index is 0.0931. The van der Waals surface area contributed by atoms with Gasteiger partial charge in [0, 0.05) is 7.11 Å². The van der Waals surface area contributed by atoms with E-state index in [-0.39, 0.29) is 6.61 Å². The Morgan fingerprint density at radius 2 is 1.91 bits per heavy atom. The number of ether oxygens (including phenoxy) is 2. The summed E-state index contributed by atoms with van der Waals surface area (Å²) in [6, 6.07) is 0. The summed E-state index contributed by atoms with van der Waals surface area (Å²) in [6.45, 7) is 0.0931. The Hall–Kier alpha value is -0.200. The molecule has 0 aromatic carbocycles. The molecule has 1 unspecified atom stereocenters. The van der Waals surface area contributed by atoms with Gasteiger partial charge in [-0.15, -0.1) is 0 Å². The lowest BCUT2D eigenvalue weighted by atomic mass is 10.1. The van der Waals surface area contributed by atoms with Gasteiger partial charge in [-0.05, 0) is 0 Å². The molecule has 5 nitrogen and oxygen atoms in total. The van der Waals surface area contributed by atoms with E-state index in [2.05, 4.69) is 4.74 Å². The fourth-order valence-corrected chi connectivity index (χ4v) is 0.987. The maximum Gasteiger partial charge on any atom is 0.183 e. The van der Waals surface area contributed by atoms with E-state index in [1.54, 1.807) is 0 Å². The standard InChI is InChI=1S/C6H12O5/c1-10-3-2-11-6(9)5(8)4(3)7/h3-9H,2H2,1H3/t3-,4+,5+,6?/m0/s1. The van der Waals surface area contributed by atoms with E-state index in [1.165, 1.54) is 7.11 Å². The first-order valence-electron chi connectivity index (χ1n) is 3.35. The highest BCUT2D eigenvalue weighted by atomic mass is 16.6. The van der Waals surface area contributed by atoms with Crippen LogP contribution in [0.3, 0.4) is 0 Å². The van der Waals surface area contributed by atoms with Crippen LogP contribution in [-0.2, 0) is 9.47 Å². The van der Waals surface area contributed by atoms with Crippen LogP contribution in [0.4, 0.5) is 0 Å². The molecule has 0 amide bonds. The van der Waals surface area contributed by atoms with Crippen molar-refractivity contribution in [3.8, 4) is 0 Å². The zero-order valence-corrected chi connectivity index (χ0v) is 6.17. The largest absolute Gasteiger partial charge is 0.387 e. The maximum absolute atomic E-state index is 9.19. The third-order valence-corrected chi connectivity index (χ3v) is 1.76. The molecule has 0 spiro atoms. The van der Waals surface area contributed by atoms with Gasteiger partial charge in [0.1, 0.15) is 18.3 Å². The van der Waals surface area contributed by atoms with E-state index in [0.29, 0.717) is 0 Å². The number of hydrogen-bond donors (Lipinski definition) is 3. The molecule has 0 aromatic heterocycles. The molecule has 4 atom stereocenters. The lowest BCUT2D eigenvalue weighted by Crippen LogP contribution is -2.53. The quantitative estimate of drug-likeness (QED) is 0.420. The van der Waals surface area contributed by atoms with Gasteiger partial charge >= 0.3 is 0 Å². The first kappa shape index (κ1) is 8.89. The summed E-state index contributed by atoms with van der Waals surface area (Å²) < 4.78 is 9.46. The highest BCUT2D eigenvalue weighted by Crippen LogP contribution is 2.15. The van der Waals surface area contributed by atoms with Gasteiger partial charge in [0.2, 0.25) is 0 Å². The summed E-state index contributed by atoms with van der Waals surface area (Å²) in [5, 5.41) is 27.1. The third-order valence-electron chi connectivity index (χ3n) is 1.76. The van der Waals surface area contributed by atoms with E-state index >= 15 is 0 Å². The first-order chi connectivity index (χ1) is 5.16. The van der Waals surface area contributed by atoms with Gasteiger partial charge in [-0.3, -0.25) is 0 Å². The van der Waals surface area contributed by atoms with Gasteiger partial charge in [0.25, 0.3) is 0 Å². The Morgan fingerprint density at radius 1 is 1.27 bits per heavy atom. The van der Waals surface area contributed by atoms with Crippen molar-refractivity contribution in [3.05, 3.63) is 0 Å². The van der Waals surface area contributed by atoms with Gasteiger partial charge in [-0.25, -0.2) is 0 Å². The number of hydrogen-bond acceptors (Lipinski definition) is 5. The molecule has 66 valence electrons. The number of rotatable bonds is 1. The molecule has 1 heterocycles. The monoisotopic (exact) mass is 164 g/mol. The molecule has 1 fully saturated rings. The Kier molecular flexibility index (Phi) is 2.80. The van der Waals surface area contributed by atoms with Crippen LogP contribution in [0.25, 0.3) is 0 Å². The Labute approximate surface area is 64.2 Å². The van der Waals surface area contributed by atoms with E-state index in [4.69, 9.17) is 14.9 Å². The molecule has 0 radical (unpaired) electrons. The van der Waals surface area contributed by atoms with Crippen molar-refractivity contribution >= 4 is 0 Å². The molecular weight excluding hydrogens is 152 g/mol. The molecule has 0 aromatic rings. The van der Waals surface area contributed by atoms with Gasteiger partial charge < -0.3 is 24.8 Å². The summed E-state index contributed by atoms with van der Waals surface area (Å²) in [4.78, 5) is 0. The zero-order chi connectivity index (χ0) is 8.43. The minimum atomic E-state index is -1.31. The second-order valence-corrected chi connectivity index (χ2v) is 2.48. The van der Waals surface area contributed by atoms with Gasteiger partial charge in [-0.2, -0.15) is 0 Å². The van der Waals surface area contributed by atoms with Crippen LogP contribution in [0.15, 0.2) is 0 Å². The predicted octanol–water partition coefficient (Wildman–Crippen LogP) is -1.93. The summed E-state index contributed by atoms with van der Waals surface area (Å²) in [6.07, 6.45) is -4.23. The average molecular weight is 164 g/mol. The predicted molar refractivity (Wildman–Crippen MR) is 34.8 cm³/mol. The second kappa shape index (κ2) is 3.46. The van der Waals surface area contributed by atoms with Crippen molar-refractivity contribution in [1.29, 1.82) is 0 Å². The van der Waals surface area contributed by atoms with E-state index < -0.39 is 24.6 Å². The lowest BCUT2D eigenvalue weighted by Gasteiger charge is -2.33. The molecule has 5 heteroatoms. The second-order valence-electron chi connectivity index (χ2n) is 2.48. The maximum atomic E-state index is 9.19. The molecule has 1 aliphatic rings. The first-order valence-corrected chi connectivity index (χ1v) is 3.35. The van der Waals surface area contributed by atoms with Crippen LogP contribution >= 0.6 is 0 Å². The molecule has 0 aliphatic carbocycles. The number of methoxy groups -OCH3 is 1. The van der Waals surface area contributed by atoms with E-state index in [1.807, 2.05) is 0 Å². The van der Waals surface area contributed by atoms with Crippen molar-refractivity contribution < 1.29 is 24.8 Å². The normalized spacial score (nSPS) is 45.8. The van der Waals surface area contributed by atoms with Crippen molar-refractivity contribution in [2.45, 2.75) is 24.6 Å². The molecule has 3 N–H and O–H groups in total. The van der Waals surface area contributed by atoms with Crippen molar-refractivity contribution in [3.63, 3.8) is 0 Å². The average Bonchev–Trinajstić information content (AvgIpc) is 2.01. The molecular formula is C6H12O5. The molecule has 0 saturated carbocycles. The topological polar surface area (TPSA) is 79.2 Å². The Morgan fingerprint density at radius 3 is 2.45 bits per heavy atom. The zero-order valence-electron chi connectivity index (χ0n) is 6.17. The molecule has 1 aliphatic heterocycles. The smallest absolute Gasteiger partial charge is 0.183 e. The molecule has 1 saturated heterocycles. The van der Waals surface area contributed by atoms with Gasteiger partial charge in [-0.1, -0.05) is 0 Å². The van der Waals surface area contributed by atoms with Crippen LogP contribution in [0.2, 0.25) is 0 Å². The van der Waals surface area contributed by atoms with E-state index in [9.17, 15) is 5.11 Å². The number of aliphatic hydroxyl groups excluding tert-OH is 3. The van der Waals surface area contributed by atoms with Crippen LogP contribution < -0.4 is 0 Å². The summed E-state index contributed by atoms with van der Waals surface area (Å²) >= 11 is 0. The van der Waals surface area contributed by atoms with Crippen molar-refractivity contribution in [1.82, 2.24) is 0 Å². The van der Waals surface area contributed by atoms with Crippen LogP contribution in [0.5, 0.6) is 0 Å². The SMILES string of the molecule is CO[C@H]1COC(O)[C@H](O)[C@@H]1O. The minimum Gasteiger partial charge on any atom is -0.387 e. The fraction of sp³-hybridized carbons (Fsp3) is 1.00. The van der Waals surface area contributed by atoms with Gasteiger partial charge in [0.05, 0.1) is 6.61 Å². The highest BCUT2D eigenvalue weighted by molar-refractivity contribution is 4.82. The van der Waals surface area contributed by atoms with Crippen LogP contribution in [-0.4, -0.2) is 53.6 Å². The van der Waals surface area contributed by atoms with Gasteiger partial charge in [0.15, 0.2) is 6.29 Å². The van der Waals surface area contributed by atoms with Crippen molar-refractivity contribution in [2.24, 2.45) is 0 Å². The van der Waals surface area contributed by atoms with Crippen molar-refractivity contribution in [2.75, 3.05) is 13.7 Å². The summed E-state index contributed by atoms with van der Waals surface area (Å²) in [5.74, 6) is 0. The number of aliphatic hydroxyl groups is 3. The van der Waals surface area contributed by atoms with E-state index in [0.717, 1.165) is 0 Å². The third kappa shape index (κ3) is 1.69. The fourth-order valence-electron chi connectivity index (χ4n) is 0.987. The Bertz CT molecular complexity index is 126. The summed E-state index contributed by atoms with van der Waals surface area (Å²) in [5.41, 5.74) is 0. The molecule has 11 heavy (non-hydrogen) atoms. The van der Waals surface area contributed by atoms with Crippen LogP contribution in [0.1, 0.15) is 0 Å². The highest BCUT2D eigenvalue weighted by Gasteiger charge is 2.37. The molecule has 0 bridgehead atoms. The Balaban J connectivity index is 2.52.